The highest BCUT2D eigenvalue weighted by atomic mass is 79.9. The first-order chi connectivity index (χ1) is 11.8. The Morgan fingerprint density at radius 1 is 1.24 bits per heavy atom. The number of hydrogen-bond donors (Lipinski definition) is 1. The van der Waals surface area contributed by atoms with Crippen molar-refractivity contribution in [3.8, 4) is 0 Å². The molecule has 2 atom stereocenters. The standard InChI is InChI=1S/C18H27BrN2O3S/c1-4-21(5-2)25(23,24)14-10-11-16(19)15(12-14)18(22)20-17-9-7-6-8-13(17)3/h10-13,17H,4-9H2,1-3H3,(H,20,22). The third-order valence-corrected chi connectivity index (χ3v) is 7.69. The number of benzene rings is 1. The van der Waals surface area contributed by atoms with Gasteiger partial charge < -0.3 is 5.32 Å². The molecule has 1 aromatic carbocycles. The first-order valence-electron chi connectivity index (χ1n) is 8.91. The number of carbonyl (C=O) groups excluding carboxylic acids is 1. The summed E-state index contributed by atoms with van der Waals surface area (Å²) in [7, 11) is -3.59. The first-order valence-corrected chi connectivity index (χ1v) is 11.1. The summed E-state index contributed by atoms with van der Waals surface area (Å²) < 4.78 is 27.4. The van der Waals surface area contributed by atoms with Crippen LogP contribution in [0.1, 0.15) is 56.8 Å². The van der Waals surface area contributed by atoms with Crippen molar-refractivity contribution in [2.24, 2.45) is 5.92 Å². The van der Waals surface area contributed by atoms with Crippen LogP contribution in [-0.2, 0) is 10.0 Å². The predicted octanol–water partition coefficient (Wildman–Crippen LogP) is 3.79. The van der Waals surface area contributed by atoms with Crippen LogP contribution in [0.25, 0.3) is 0 Å². The zero-order valence-electron chi connectivity index (χ0n) is 15.1. The number of sulfonamides is 1. The largest absolute Gasteiger partial charge is 0.349 e. The topological polar surface area (TPSA) is 66.5 Å². The quantitative estimate of drug-likeness (QED) is 0.746. The molecule has 2 rings (SSSR count). The molecule has 0 bridgehead atoms. The normalized spacial score (nSPS) is 21.3. The zero-order valence-corrected chi connectivity index (χ0v) is 17.5. The summed E-state index contributed by atoms with van der Waals surface area (Å²) in [5, 5.41) is 3.08. The molecule has 140 valence electrons. The second kappa shape index (κ2) is 8.64. The predicted molar refractivity (Wildman–Crippen MR) is 103 cm³/mol. The molecule has 5 nitrogen and oxygen atoms in total. The maximum absolute atomic E-state index is 12.7. The number of nitrogens with zero attached hydrogens (tertiary/aromatic N) is 1. The fourth-order valence-electron chi connectivity index (χ4n) is 3.33. The number of amides is 1. The molecule has 0 spiro atoms. The van der Waals surface area contributed by atoms with Crippen molar-refractivity contribution in [2.75, 3.05) is 13.1 Å². The lowest BCUT2D eigenvalue weighted by Crippen LogP contribution is -2.41. The fraction of sp³-hybridized carbons (Fsp3) is 0.611. The summed E-state index contributed by atoms with van der Waals surface area (Å²) in [6.07, 6.45) is 4.41. The van der Waals surface area contributed by atoms with Gasteiger partial charge >= 0.3 is 0 Å². The third-order valence-electron chi connectivity index (χ3n) is 4.95. The van der Waals surface area contributed by atoms with Gasteiger partial charge in [0, 0.05) is 23.6 Å². The van der Waals surface area contributed by atoms with Crippen LogP contribution in [0.2, 0.25) is 0 Å². The van der Waals surface area contributed by atoms with Crippen LogP contribution in [0.5, 0.6) is 0 Å². The molecule has 1 aliphatic rings. The first kappa shape index (κ1) is 20.4. The monoisotopic (exact) mass is 430 g/mol. The van der Waals surface area contributed by atoms with E-state index in [1.807, 2.05) is 0 Å². The Labute approximate surface area is 159 Å². The molecule has 1 N–H and O–H groups in total. The van der Waals surface area contributed by atoms with Gasteiger partial charge in [0.2, 0.25) is 10.0 Å². The Kier molecular flexibility index (Phi) is 7.05. The van der Waals surface area contributed by atoms with E-state index in [4.69, 9.17) is 0 Å². The van der Waals surface area contributed by atoms with E-state index >= 15 is 0 Å². The highest BCUT2D eigenvalue weighted by molar-refractivity contribution is 9.10. The number of halogens is 1. The van der Waals surface area contributed by atoms with Crippen LogP contribution in [0.3, 0.4) is 0 Å². The molecule has 0 radical (unpaired) electrons. The van der Waals surface area contributed by atoms with E-state index in [1.165, 1.54) is 22.9 Å². The average molecular weight is 431 g/mol. The highest BCUT2D eigenvalue weighted by Gasteiger charge is 2.26. The van der Waals surface area contributed by atoms with Crippen molar-refractivity contribution in [3.63, 3.8) is 0 Å². The molecule has 0 aliphatic heterocycles. The molecule has 0 aromatic heterocycles. The minimum Gasteiger partial charge on any atom is -0.349 e. The van der Waals surface area contributed by atoms with Crippen LogP contribution >= 0.6 is 15.9 Å². The molecule has 1 saturated carbocycles. The second-order valence-electron chi connectivity index (χ2n) is 6.57. The van der Waals surface area contributed by atoms with Crippen molar-refractivity contribution in [2.45, 2.75) is 57.4 Å². The molecule has 2 unspecified atom stereocenters. The van der Waals surface area contributed by atoms with Gasteiger partial charge in [-0.3, -0.25) is 4.79 Å². The van der Waals surface area contributed by atoms with Gasteiger partial charge in [0.25, 0.3) is 5.91 Å². The van der Waals surface area contributed by atoms with Crippen LogP contribution in [0.15, 0.2) is 27.6 Å². The minimum atomic E-state index is -3.59. The van der Waals surface area contributed by atoms with Crippen molar-refractivity contribution in [1.29, 1.82) is 0 Å². The molecule has 1 aromatic rings. The lowest BCUT2D eigenvalue weighted by molar-refractivity contribution is 0.0909. The van der Waals surface area contributed by atoms with Crippen LogP contribution in [0.4, 0.5) is 0 Å². The Hall–Kier alpha value is -0.920. The maximum atomic E-state index is 12.7. The molecule has 1 fully saturated rings. The molecule has 0 heterocycles. The lowest BCUT2D eigenvalue weighted by atomic mass is 9.86. The number of carbonyl (C=O) groups is 1. The molecular formula is C18H27BrN2O3S. The van der Waals surface area contributed by atoms with E-state index in [1.54, 1.807) is 19.9 Å². The van der Waals surface area contributed by atoms with Gasteiger partial charge in [-0.25, -0.2) is 8.42 Å². The van der Waals surface area contributed by atoms with E-state index in [0.717, 1.165) is 19.3 Å². The summed E-state index contributed by atoms with van der Waals surface area (Å²) in [6, 6.07) is 4.80. The maximum Gasteiger partial charge on any atom is 0.252 e. The van der Waals surface area contributed by atoms with Gasteiger partial charge in [0.05, 0.1) is 10.5 Å². The Morgan fingerprint density at radius 2 is 1.88 bits per heavy atom. The van der Waals surface area contributed by atoms with Gasteiger partial charge in [-0.2, -0.15) is 4.31 Å². The smallest absolute Gasteiger partial charge is 0.252 e. The van der Waals surface area contributed by atoms with Crippen LogP contribution in [0, 0.1) is 5.92 Å². The van der Waals surface area contributed by atoms with Gasteiger partial charge in [-0.05, 0) is 52.9 Å². The van der Waals surface area contributed by atoms with Gasteiger partial charge in [0.15, 0.2) is 0 Å². The molecular weight excluding hydrogens is 404 g/mol. The Balaban J connectivity index is 2.28. The lowest BCUT2D eigenvalue weighted by Gasteiger charge is -2.29. The van der Waals surface area contributed by atoms with E-state index in [0.29, 0.717) is 29.0 Å². The fourth-order valence-corrected chi connectivity index (χ4v) is 5.24. The summed E-state index contributed by atoms with van der Waals surface area (Å²) in [6.45, 7) is 6.56. The number of rotatable bonds is 6. The third kappa shape index (κ3) is 4.63. The van der Waals surface area contributed by atoms with Crippen molar-refractivity contribution in [1.82, 2.24) is 9.62 Å². The number of nitrogens with one attached hydrogen (secondary N) is 1. The molecule has 0 saturated heterocycles. The summed E-state index contributed by atoms with van der Waals surface area (Å²) in [5.74, 6) is 0.223. The molecule has 1 amide bonds. The average Bonchev–Trinajstić information content (AvgIpc) is 2.58. The van der Waals surface area contributed by atoms with Crippen molar-refractivity contribution in [3.05, 3.63) is 28.2 Å². The van der Waals surface area contributed by atoms with Crippen LogP contribution in [-0.4, -0.2) is 37.8 Å². The molecule has 7 heteroatoms. The molecule has 1 aliphatic carbocycles. The zero-order chi connectivity index (χ0) is 18.6. The summed E-state index contributed by atoms with van der Waals surface area (Å²) in [5.41, 5.74) is 0.367. The van der Waals surface area contributed by atoms with E-state index < -0.39 is 10.0 Å². The summed E-state index contributed by atoms with van der Waals surface area (Å²) in [4.78, 5) is 12.9. The SMILES string of the molecule is CCN(CC)S(=O)(=O)c1ccc(Br)c(C(=O)NC2CCCCC2C)c1. The Morgan fingerprint density at radius 3 is 2.48 bits per heavy atom. The van der Waals surface area contributed by atoms with E-state index in [2.05, 4.69) is 28.2 Å². The van der Waals surface area contributed by atoms with Crippen LogP contribution < -0.4 is 5.32 Å². The number of hydrogen-bond acceptors (Lipinski definition) is 3. The second-order valence-corrected chi connectivity index (χ2v) is 9.36. The van der Waals surface area contributed by atoms with Crippen molar-refractivity contribution >= 4 is 31.9 Å². The summed E-state index contributed by atoms with van der Waals surface area (Å²) >= 11 is 3.38. The molecule has 25 heavy (non-hydrogen) atoms. The van der Waals surface area contributed by atoms with Gasteiger partial charge in [-0.15, -0.1) is 0 Å². The van der Waals surface area contributed by atoms with E-state index in [-0.39, 0.29) is 16.8 Å². The van der Waals surface area contributed by atoms with Gasteiger partial charge in [0.1, 0.15) is 0 Å². The minimum absolute atomic E-state index is 0.149. The van der Waals surface area contributed by atoms with Gasteiger partial charge in [-0.1, -0.05) is 33.6 Å². The van der Waals surface area contributed by atoms with E-state index in [9.17, 15) is 13.2 Å². The van der Waals surface area contributed by atoms with Crippen molar-refractivity contribution < 1.29 is 13.2 Å². The highest BCUT2D eigenvalue weighted by Crippen LogP contribution is 2.26. The Bertz CT molecular complexity index is 717.